The van der Waals surface area contributed by atoms with E-state index in [2.05, 4.69) is 15.6 Å². The Labute approximate surface area is 218 Å². The number of hydrogen-bond acceptors (Lipinski definition) is 6. The number of nitrogens with one attached hydrogen (secondary N) is 2. The van der Waals surface area contributed by atoms with E-state index in [1.54, 1.807) is 66.5 Å². The molecule has 3 atom stereocenters. The van der Waals surface area contributed by atoms with Crippen LogP contribution in [0.2, 0.25) is 0 Å². The zero-order valence-corrected chi connectivity index (χ0v) is 22.1. The third-order valence-electron chi connectivity index (χ3n) is 6.33. The summed E-state index contributed by atoms with van der Waals surface area (Å²) in [6.07, 6.45) is 2.71. The second kappa shape index (κ2) is 12.5. The molecule has 0 bridgehead atoms. The Morgan fingerprint density at radius 1 is 1.22 bits per heavy atom. The molecule has 0 saturated carbocycles. The third kappa shape index (κ3) is 7.42. The van der Waals surface area contributed by atoms with Gasteiger partial charge < -0.3 is 30.3 Å². The first-order chi connectivity index (χ1) is 17.6. The highest BCUT2D eigenvalue weighted by Crippen LogP contribution is 2.29. The zero-order valence-electron chi connectivity index (χ0n) is 22.1. The van der Waals surface area contributed by atoms with E-state index >= 15 is 0 Å². The van der Waals surface area contributed by atoms with Crippen LogP contribution in [0.25, 0.3) is 0 Å². The van der Waals surface area contributed by atoms with E-state index < -0.39 is 6.10 Å². The van der Waals surface area contributed by atoms with Crippen LogP contribution >= 0.6 is 0 Å². The summed E-state index contributed by atoms with van der Waals surface area (Å²) in [7, 11) is 1.71. The van der Waals surface area contributed by atoms with Crippen molar-refractivity contribution in [2.24, 2.45) is 5.92 Å². The van der Waals surface area contributed by atoms with E-state index in [4.69, 9.17) is 4.74 Å². The SMILES string of the molecule is CC(C)NC(=O)N(C)C[C@H]1Oc2ccc(NC(=O)c3ccncc3)cc2CC(=O)N([C@H](C)CO)C[C@@H]1C. The van der Waals surface area contributed by atoms with Crippen LogP contribution < -0.4 is 15.4 Å². The number of likely N-dealkylation sites (N-methyl/N-ethyl adjacent to an activating group) is 1. The van der Waals surface area contributed by atoms with E-state index in [0.717, 1.165) is 0 Å². The summed E-state index contributed by atoms with van der Waals surface area (Å²) in [5.74, 6) is -0.0626. The Kier molecular flexibility index (Phi) is 9.46. The Bertz CT molecular complexity index is 1090. The predicted molar refractivity (Wildman–Crippen MR) is 140 cm³/mol. The molecule has 37 heavy (non-hydrogen) atoms. The van der Waals surface area contributed by atoms with Gasteiger partial charge in [0.1, 0.15) is 11.9 Å². The molecule has 0 saturated heterocycles. The van der Waals surface area contributed by atoms with Crippen molar-refractivity contribution in [1.82, 2.24) is 20.1 Å². The number of benzene rings is 1. The highest BCUT2D eigenvalue weighted by molar-refractivity contribution is 6.04. The number of hydrogen-bond donors (Lipinski definition) is 3. The molecule has 10 nitrogen and oxygen atoms in total. The topological polar surface area (TPSA) is 124 Å². The number of carbonyl (C=O) groups excluding carboxylic acids is 3. The molecule has 1 aromatic carbocycles. The summed E-state index contributed by atoms with van der Waals surface area (Å²) < 4.78 is 6.43. The number of nitrogens with zero attached hydrogens (tertiary/aromatic N) is 3. The minimum Gasteiger partial charge on any atom is -0.488 e. The second-order valence-corrected chi connectivity index (χ2v) is 9.89. The minimum absolute atomic E-state index is 0.00570. The van der Waals surface area contributed by atoms with Crippen molar-refractivity contribution in [3.05, 3.63) is 53.9 Å². The van der Waals surface area contributed by atoms with Gasteiger partial charge in [-0.3, -0.25) is 14.6 Å². The Morgan fingerprint density at radius 3 is 2.57 bits per heavy atom. The van der Waals surface area contributed by atoms with E-state index in [9.17, 15) is 19.5 Å². The van der Waals surface area contributed by atoms with Gasteiger partial charge in [0.15, 0.2) is 0 Å². The first-order valence-corrected chi connectivity index (χ1v) is 12.5. The van der Waals surface area contributed by atoms with Crippen molar-refractivity contribution in [3.8, 4) is 5.75 Å². The lowest BCUT2D eigenvalue weighted by molar-refractivity contribution is -0.134. The van der Waals surface area contributed by atoms with Gasteiger partial charge in [-0.05, 0) is 51.1 Å². The molecule has 2 heterocycles. The van der Waals surface area contributed by atoms with Gasteiger partial charge in [0.2, 0.25) is 5.91 Å². The van der Waals surface area contributed by atoms with Gasteiger partial charge >= 0.3 is 6.03 Å². The first kappa shape index (κ1) is 27.9. The Hall–Kier alpha value is -3.66. The smallest absolute Gasteiger partial charge is 0.317 e. The fraction of sp³-hybridized carbons (Fsp3) is 0.481. The average Bonchev–Trinajstić information content (AvgIpc) is 2.91. The van der Waals surface area contributed by atoms with Crippen LogP contribution in [0.4, 0.5) is 10.5 Å². The lowest BCUT2D eigenvalue weighted by Crippen LogP contribution is -2.49. The number of urea groups is 1. The number of aromatic nitrogens is 1. The van der Waals surface area contributed by atoms with Gasteiger partial charge in [0.05, 0.1) is 25.6 Å². The number of aliphatic hydroxyl groups excluding tert-OH is 1. The van der Waals surface area contributed by atoms with Crippen LogP contribution in [0.15, 0.2) is 42.7 Å². The number of fused-ring (bicyclic) bond motifs is 1. The summed E-state index contributed by atoms with van der Waals surface area (Å²) in [5, 5.41) is 15.5. The molecular weight excluding hydrogens is 474 g/mol. The normalized spacial score (nSPS) is 18.6. The summed E-state index contributed by atoms with van der Waals surface area (Å²) in [6.45, 7) is 8.05. The number of pyridine rings is 1. The molecule has 1 aliphatic heterocycles. The van der Waals surface area contributed by atoms with Crippen LogP contribution in [-0.2, 0) is 11.2 Å². The predicted octanol–water partition coefficient (Wildman–Crippen LogP) is 2.53. The van der Waals surface area contributed by atoms with Gasteiger partial charge in [-0.15, -0.1) is 0 Å². The number of ether oxygens (including phenoxy) is 1. The molecule has 200 valence electrons. The largest absolute Gasteiger partial charge is 0.488 e. The molecule has 3 N–H and O–H groups in total. The fourth-order valence-electron chi connectivity index (χ4n) is 4.14. The number of anilines is 1. The summed E-state index contributed by atoms with van der Waals surface area (Å²) in [4.78, 5) is 45.7. The molecule has 0 fully saturated rings. The van der Waals surface area contributed by atoms with Gasteiger partial charge in [0, 0.05) is 54.8 Å². The number of carbonyl (C=O) groups is 3. The number of aliphatic hydroxyl groups is 1. The molecule has 0 radical (unpaired) electrons. The molecule has 0 unspecified atom stereocenters. The molecule has 2 aromatic rings. The summed E-state index contributed by atoms with van der Waals surface area (Å²) in [5.41, 5.74) is 1.60. The summed E-state index contributed by atoms with van der Waals surface area (Å²) in [6, 6.07) is 7.84. The van der Waals surface area contributed by atoms with Crippen molar-refractivity contribution in [3.63, 3.8) is 0 Å². The lowest BCUT2D eigenvalue weighted by Gasteiger charge is -2.34. The van der Waals surface area contributed by atoms with Crippen molar-refractivity contribution in [1.29, 1.82) is 0 Å². The molecular formula is C27H37N5O5. The molecule has 0 aliphatic carbocycles. The molecule has 1 aromatic heterocycles. The Balaban J connectivity index is 1.91. The quantitative estimate of drug-likeness (QED) is 0.525. The number of rotatable bonds is 7. The van der Waals surface area contributed by atoms with Crippen molar-refractivity contribution in [2.75, 3.05) is 32.1 Å². The lowest BCUT2D eigenvalue weighted by atomic mass is 10.0. The molecule has 1 aliphatic rings. The Morgan fingerprint density at radius 2 is 1.92 bits per heavy atom. The molecule has 0 spiro atoms. The summed E-state index contributed by atoms with van der Waals surface area (Å²) >= 11 is 0. The molecule has 10 heteroatoms. The van der Waals surface area contributed by atoms with E-state index in [-0.39, 0.29) is 48.9 Å². The van der Waals surface area contributed by atoms with E-state index in [1.807, 2.05) is 20.8 Å². The van der Waals surface area contributed by atoms with Crippen molar-refractivity contribution >= 4 is 23.5 Å². The minimum atomic E-state index is -0.418. The van der Waals surface area contributed by atoms with Crippen LogP contribution in [-0.4, -0.2) is 82.7 Å². The molecule has 3 rings (SSSR count). The zero-order chi connectivity index (χ0) is 27.1. The van der Waals surface area contributed by atoms with Gasteiger partial charge in [-0.1, -0.05) is 6.92 Å². The van der Waals surface area contributed by atoms with Crippen LogP contribution in [0.5, 0.6) is 5.75 Å². The van der Waals surface area contributed by atoms with E-state index in [1.165, 1.54) is 0 Å². The van der Waals surface area contributed by atoms with E-state index in [0.29, 0.717) is 35.7 Å². The molecule has 4 amide bonds. The standard InChI is InChI=1S/C27H37N5O5/c1-17(2)29-27(36)31(5)15-24-18(3)14-32(19(4)16-33)25(34)13-21-12-22(6-7-23(21)37-24)30-26(35)20-8-10-28-11-9-20/h6-12,17-19,24,33H,13-16H2,1-5H3,(H,29,36)(H,30,35)/t18-,19+,24+/m0/s1. The van der Waals surface area contributed by atoms with Crippen LogP contribution in [0, 0.1) is 5.92 Å². The highest BCUT2D eigenvalue weighted by Gasteiger charge is 2.32. The van der Waals surface area contributed by atoms with Crippen LogP contribution in [0.1, 0.15) is 43.6 Å². The maximum absolute atomic E-state index is 13.3. The fourth-order valence-corrected chi connectivity index (χ4v) is 4.14. The second-order valence-electron chi connectivity index (χ2n) is 9.89. The maximum Gasteiger partial charge on any atom is 0.317 e. The van der Waals surface area contributed by atoms with Gasteiger partial charge in [-0.25, -0.2) is 4.79 Å². The maximum atomic E-state index is 13.3. The van der Waals surface area contributed by atoms with Crippen molar-refractivity contribution < 1.29 is 24.2 Å². The average molecular weight is 512 g/mol. The first-order valence-electron chi connectivity index (χ1n) is 12.5. The van der Waals surface area contributed by atoms with Gasteiger partial charge in [0.25, 0.3) is 5.91 Å². The highest BCUT2D eigenvalue weighted by atomic mass is 16.5. The third-order valence-corrected chi connectivity index (χ3v) is 6.33. The monoisotopic (exact) mass is 511 g/mol. The number of amides is 4. The van der Waals surface area contributed by atoms with Gasteiger partial charge in [-0.2, -0.15) is 0 Å². The van der Waals surface area contributed by atoms with Crippen LogP contribution in [0.3, 0.4) is 0 Å². The van der Waals surface area contributed by atoms with Crippen molar-refractivity contribution in [2.45, 2.75) is 52.3 Å².